The molecule has 3 rings (SSSR count). The molecule has 8 heteroatoms. The largest absolute Gasteiger partial charge is 0.483 e. The Labute approximate surface area is 162 Å². The van der Waals surface area contributed by atoms with Crippen molar-refractivity contribution < 1.29 is 24.6 Å². The lowest BCUT2D eigenvalue weighted by molar-refractivity contribution is -0.123. The number of carbonyl (C=O) groups excluding carboxylic acids is 2. The highest BCUT2D eigenvalue weighted by molar-refractivity contribution is 7.59. The van der Waals surface area contributed by atoms with Gasteiger partial charge in [-0.25, -0.2) is 0 Å². The molecule has 1 spiro atoms. The minimum atomic E-state index is -0.971. The number of hydrogen-bond donors (Lipinski definition) is 3. The maximum absolute atomic E-state index is 10.1. The van der Waals surface area contributed by atoms with E-state index in [1.807, 2.05) is 12.9 Å². The smallest absolute Gasteiger partial charge is 0.290 e. The van der Waals surface area contributed by atoms with Crippen LogP contribution in [0.4, 0.5) is 0 Å². The summed E-state index contributed by atoms with van der Waals surface area (Å²) in [5, 5.41) is 15.9. The highest BCUT2D eigenvalue weighted by atomic mass is 32.1. The van der Waals surface area contributed by atoms with Gasteiger partial charge >= 0.3 is 0 Å². The first-order chi connectivity index (χ1) is 12.1. The van der Waals surface area contributed by atoms with Crippen molar-refractivity contribution in [2.24, 2.45) is 11.1 Å². The monoisotopic (exact) mass is 388 g/mol. The molecule has 0 radical (unpaired) electrons. The fraction of sp³-hybridized carbons (Fsp3) is 0.500. The van der Waals surface area contributed by atoms with Gasteiger partial charge in [0.25, 0.3) is 6.47 Å². The molecule has 7 nitrogen and oxygen atoms in total. The fourth-order valence-electron chi connectivity index (χ4n) is 2.47. The second-order valence-corrected chi connectivity index (χ2v) is 5.58. The summed E-state index contributed by atoms with van der Waals surface area (Å²) in [4.78, 5) is 28.9. The van der Waals surface area contributed by atoms with E-state index in [1.165, 1.54) is 39.4 Å². The number of hydrogen-bond acceptors (Lipinski definition) is 6. The SMILES string of the molecule is C=O.CN.CN1CCC2(CC2)C1.O=CO.O=C[C@@H](O)c1ccccc1.S. The molecule has 1 heterocycles. The Bertz CT molecular complexity index is 458. The minimum Gasteiger partial charge on any atom is -0.483 e. The van der Waals surface area contributed by atoms with Crippen molar-refractivity contribution in [3.8, 4) is 0 Å². The van der Waals surface area contributed by atoms with Crippen LogP contribution in [0.1, 0.15) is 30.9 Å². The Morgan fingerprint density at radius 1 is 1.15 bits per heavy atom. The quantitative estimate of drug-likeness (QED) is 0.651. The minimum absolute atomic E-state index is 0. The van der Waals surface area contributed by atoms with Gasteiger partial charge in [0.2, 0.25) is 0 Å². The van der Waals surface area contributed by atoms with E-state index in [-0.39, 0.29) is 20.0 Å². The van der Waals surface area contributed by atoms with Gasteiger partial charge in [0.1, 0.15) is 12.9 Å². The fourth-order valence-corrected chi connectivity index (χ4v) is 2.47. The summed E-state index contributed by atoms with van der Waals surface area (Å²) in [6.07, 6.45) is 4.04. The Kier molecular flexibility index (Phi) is 20.2. The normalized spacial score (nSPS) is 16.2. The number of aliphatic hydroxyl groups excluding tert-OH is 1. The van der Waals surface area contributed by atoms with E-state index in [1.54, 1.807) is 24.3 Å². The molecule has 0 unspecified atom stereocenters. The van der Waals surface area contributed by atoms with Crippen LogP contribution in [0, 0.1) is 5.41 Å². The number of likely N-dealkylation sites (tertiary alicyclic amines) is 1. The van der Waals surface area contributed by atoms with Crippen LogP contribution in [-0.2, 0) is 14.4 Å². The van der Waals surface area contributed by atoms with E-state index in [0.29, 0.717) is 11.8 Å². The second kappa shape index (κ2) is 18.1. The van der Waals surface area contributed by atoms with Gasteiger partial charge in [0.05, 0.1) is 0 Å². The number of carboxylic acid groups (broad SMARTS) is 1. The summed E-state index contributed by atoms with van der Waals surface area (Å²) in [5.74, 6) is 0. The number of rotatable bonds is 2. The number of aliphatic hydroxyl groups is 1. The second-order valence-electron chi connectivity index (χ2n) is 5.58. The van der Waals surface area contributed by atoms with Gasteiger partial charge in [0, 0.05) is 6.54 Å². The maximum atomic E-state index is 10.1. The van der Waals surface area contributed by atoms with Crippen LogP contribution in [0.2, 0.25) is 0 Å². The molecule has 26 heavy (non-hydrogen) atoms. The van der Waals surface area contributed by atoms with E-state index < -0.39 is 6.10 Å². The van der Waals surface area contributed by atoms with Crippen LogP contribution in [0.3, 0.4) is 0 Å². The molecule has 0 amide bonds. The van der Waals surface area contributed by atoms with Crippen LogP contribution >= 0.6 is 13.5 Å². The summed E-state index contributed by atoms with van der Waals surface area (Å²) < 4.78 is 0. The predicted octanol–water partition coefficient (Wildman–Crippen LogP) is 1.22. The average molecular weight is 389 g/mol. The molecular weight excluding hydrogens is 356 g/mol. The lowest BCUT2D eigenvalue weighted by atomic mass is 10.1. The predicted molar refractivity (Wildman–Crippen MR) is 108 cm³/mol. The zero-order valence-electron chi connectivity index (χ0n) is 15.5. The van der Waals surface area contributed by atoms with Crippen LogP contribution in [0.5, 0.6) is 0 Å². The summed E-state index contributed by atoms with van der Waals surface area (Å²) in [6.45, 7) is 4.48. The van der Waals surface area contributed by atoms with E-state index in [4.69, 9.17) is 19.8 Å². The lowest BCUT2D eigenvalue weighted by Crippen LogP contribution is -2.14. The molecule has 1 saturated heterocycles. The Morgan fingerprint density at radius 3 is 1.88 bits per heavy atom. The highest BCUT2D eigenvalue weighted by Crippen LogP contribution is 2.52. The van der Waals surface area contributed by atoms with Gasteiger partial charge in [-0.1, -0.05) is 30.3 Å². The molecule has 0 aromatic heterocycles. The van der Waals surface area contributed by atoms with Crippen molar-refractivity contribution in [2.75, 3.05) is 27.2 Å². The van der Waals surface area contributed by atoms with E-state index in [0.717, 1.165) is 5.41 Å². The van der Waals surface area contributed by atoms with Crippen LogP contribution < -0.4 is 5.73 Å². The van der Waals surface area contributed by atoms with Gasteiger partial charge in [-0.05, 0) is 50.9 Å². The molecule has 1 aliphatic carbocycles. The third kappa shape index (κ3) is 12.6. The van der Waals surface area contributed by atoms with E-state index in [9.17, 15) is 4.79 Å². The van der Waals surface area contributed by atoms with Crippen molar-refractivity contribution in [3.05, 3.63) is 35.9 Å². The summed E-state index contributed by atoms with van der Waals surface area (Å²) >= 11 is 0. The zero-order valence-corrected chi connectivity index (χ0v) is 16.5. The van der Waals surface area contributed by atoms with Crippen LogP contribution in [-0.4, -0.2) is 61.8 Å². The highest BCUT2D eigenvalue weighted by Gasteiger charge is 2.46. The Balaban J connectivity index is -0.000000298. The molecule has 1 aromatic carbocycles. The number of nitrogens with zero attached hydrogens (tertiary/aromatic N) is 1. The van der Waals surface area contributed by atoms with Crippen molar-refractivity contribution in [1.29, 1.82) is 0 Å². The van der Waals surface area contributed by atoms with Crippen molar-refractivity contribution in [1.82, 2.24) is 4.90 Å². The molecule has 1 saturated carbocycles. The first kappa shape index (κ1) is 29.0. The number of carbonyl (C=O) groups is 3. The molecule has 150 valence electrons. The van der Waals surface area contributed by atoms with Crippen molar-refractivity contribution in [2.45, 2.75) is 25.4 Å². The number of benzene rings is 1. The van der Waals surface area contributed by atoms with Gasteiger partial charge in [0.15, 0.2) is 6.29 Å². The molecule has 1 atom stereocenters. The van der Waals surface area contributed by atoms with Gasteiger partial charge in [-0.3, -0.25) is 4.79 Å². The average Bonchev–Trinajstić information content (AvgIpc) is 3.33. The third-order valence-electron chi connectivity index (χ3n) is 3.86. The van der Waals surface area contributed by atoms with E-state index in [2.05, 4.69) is 17.7 Å². The topological polar surface area (TPSA) is 121 Å². The van der Waals surface area contributed by atoms with Gasteiger partial charge in [-0.15, -0.1) is 0 Å². The number of nitrogens with two attached hydrogens (primary N) is 1. The van der Waals surface area contributed by atoms with Crippen LogP contribution in [0.25, 0.3) is 0 Å². The molecular formula is C18H32N2O5S. The van der Waals surface area contributed by atoms with Crippen molar-refractivity contribution in [3.63, 3.8) is 0 Å². The van der Waals surface area contributed by atoms with Gasteiger partial charge in [-0.2, -0.15) is 13.5 Å². The summed E-state index contributed by atoms with van der Waals surface area (Å²) in [7, 11) is 3.73. The lowest BCUT2D eigenvalue weighted by Gasteiger charge is -2.05. The molecule has 1 aromatic rings. The van der Waals surface area contributed by atoms with Crippen molar-refractivity contribution >= 4 is 33.0 Å². The Morgan fingerprint density at radius 2 is 1.62 bits per heavy atom. The molecule has 1 aliphatic heterocycles. The first-order valence-electron chi connectivity index (χ1n) is 7.88. The summed E-state index contributed by atoms with van der Waals surface area (Å²) in [6, 6.07) is 8.81. The number of aldehydes is 1. The first-order valence-corrected chi connectivity index (χ1v) is 7.88. The van der Waals surface area contributed by atoms with Gasteiger partial charge < -0.3 is 30.4 Å². The molecule has 2 aliphatic rings. The summed E-state index contributed by atoms with van der Waals surface area (Å²) in [5.41, 5.74) is 5.98. The Hall–Kier alpha value is -1.74. The maximum Gasteiger partial charge on any atom is 0.290 e. The zero-order chi connectivity index (χ0) is 19.7. The molecule has 2 fully saturated rings. The standard InChI is InChI=1S/C8H8O2.C7H13N.CH5N.CH2O2.CH2O.H2S/c9-6-8(10)7-4-2-1-3-5-7;1-8-5-4-7(6-8)2-3-7;1-2;2-1-3;1-2;/h1-6,8,10H;2-6H2,1H3;2H2,1H3;1H,(H,2,3);1H2;1H2/t8-;;;;;/m1...../s1. The molecule has 4 N–H and O–H groups in total. The van der Waals surface area contributed by atoms with E-state index >= 15 is 0 Å². The van der Waals surface area contributed by atoms with Crippen LogP contribution in [0.15, 0.2) is 30.3 Å². The molecule has 0 bridgehead atoms. The third-order valence-corrected chi connectivity index (χ3v) is 3.86.